The zero-order valence-electron chi connectivity index (χ0n) is 9.54. The quantitative estimate of drug-likeness (QED) is 0.823. The summed E-state index contributed by atoms with van der Waals surface area (Å²) in [5.74, 6) is 0.991. The predicted molar refractivity (Wildman–Crippen MR) is 72.6 cm³/mol. The highest BCUT2D eigenvalue weighted by atomic mass is 32.1. The number of aliphatic hydroxyl groups excluding tert-OH is 1. The molecule has 5 heteroatoms. The summed E-state index contributed by atoms with van der Waals surface area (Å²) in [4.78, 5) is 4.34. The van der Waals surface area contributed by atoms with Crippen LogP contribution in [0.25, 0.3) is 0 Å². The first-order valence-electron chi connectivity index (χ1n) is 5.33. The van der Waals surface area contributed by atoms with E-state index >= 15 is 0 Å². The molecule has 1 aromatic heterocycles. The van der Waals surface area contributed by atoms with E-state index < -0.39 is 0 Å². The number of aromatic nitrogens is 1. The minimum atomic E-state index is 0.00199. The highest BCUT2D eigenvalue weighted by molar-refractivity contribution is 7.80. The van der Waals surface area contributed by atoms with Crippen LogP contribution in [0.2, 0.25) is 0 Å². The number of rotatable bonds is 4. The van der Waals surface area contributed by atoms with Crippen molar-refractivity contribution in [3.8, 4) is 11.6 Å². The van der Waals surface area contributed by atoms with Crippen LogP contribution < -0.4 is 10.5 Å². The number of thiocarbonyl (C=S) groups is 1. The van der Waals surface area contributed by atoms with Gasteiger partial charge in [-0.3, -0.25) is 0 Å². The number of hydrogen-bond acceptors (Lipinski definition) is 4. The molecule has 0 radical (unpaired) electrons. The summed E-state index contributed by atoms with van der Waals surface area (Å²) in [5.41, 5.74) is 7.01. The third kappa shape index (κ3) is 2.82. The fourth-order valence-corrected chi connectivity index (χ4v) is 1.59. The van der Waals surface area contributed by atoms with Crippen molar-refractivity contribution in [3.05, 3.63) is 53.7 Å². The van der Waals surface area contributed by atoms with Crippen LogP contribution in [0.3, 0.4) is 0 Å². The van der Waals surface area contributed by atoms with E-state index in [4.69, 9.17) is 27.8 Å². The van der Waals surface area contributed by atoms with Crippen LogP contribution >= 0.6 is 12.2 Å². The van der Waals surface area contributed by atoms with Gasteiger partial charge in [-0.2, -0.15) is 0 Å². The van der Waals surface area contributed by atoms with E-state index in [9.17, 15) is 0 Å². The zero-order valence-corrected chi connectivity index (χ0v) is 10.4. The molecule has 0 atom stereocenters. The molecule has 0 saturated heterocycles. The number of nitrogens with zero attached hydrogens (tertiary/aromatic N) is 1. The Balaban J connectivity index is 2.25. The zero-order chi connectivity index (χ0) is 13.0. The molecular formula is C13H12N2O2S. The Morgan fingerprint density at radius 2 is 2.00 bits per heavy atom. The molecule has 0 aliphatic heterocycles. The van der Waals surface area contributed by atoms with Crippen LogP contribution in [0, 0.1) is 0 Å². The molecule has 0 spiro atoms. The fourth-order valence-electron chi connectivity index (χ4n) is 1.43. The molecule has 0 aliphatic rings. The van der Waals surface area contributed by atoms with Gasteiger partial charge in [0.1, 0.15) is 10.7 Å². The van der Waals surface area contributed by atoms with Crippen LogP contribution in [0.15, 0.2) is 42.6 Å². The molecule has 2 aromatic rings. The van der Waals surface area contributed by atoms with Crippen molar-refractivity contribution in [2.45, 2.75) is 6.61 Å². The second kappa shape index (κ2) is 5.57. The molecule has 92 valence electrons. The van der Waals surface area contributed by atoms with E-state index in [1.165, 1.54) is 0 Å². The molecule has 1 heterocycles. The summed E-state index contributed by atoms with van der Waals surface area (Å²) < 4.78 is 5.61. The lowest BCUT2D eigenvalue weighted by Crippen LogP contribution is -2.11. The van der Waals surface area contributed by atoms with Gasteiger partial charge in [-0.05, 0) is 29.8 Å². The highest BCUT2D eigenvalue weighted by Crippen LogP contribution is 2.23. The lowest BCUT2D eigenvalue weighted by Gasteiger charge is -2.08. The molecule has 0 unspecified atom stereocenters. The Bertz CT molecular complexity index is 555. The third-order valence-corrected chi connectivity index (χ3v) is 2.58. The lowest BCUT2D eigenvalue weighted by molar-refractivity contribution is 0.281. The van der Waals surface area contributed by atoms with Gasteiger partial charge in [0.05, 0.1) is 12.2 Å². The van der Waals surface area contributed by atoms with E-state index in [2.05, 4.69) is 4.98 Å². The van der Waals surface area contributed by atoms with Crippen molar-refractivity contribution in [1.29, 1.82) is 0 Å². The van der Waals surface area contributed by atoms with Gasteiger partial charge in [-0.25, -0.2) is 4.98 Å². The smallest absolute Gasteiger partial charge is 0.229 e. The minimum Gasteiger partial charge on any atom is -0.438 e. The van der Waals surface area contributed by atoms with Gasteiger partial charge in [-0.15, -0.1) is 0 Å². The van der Waals surface area contributed by atoms with E-state index in [0.29, 0.717) is 17.2 Å². The first kappa shape index (κ1) is 12.5. The molecule has 4 nitrogen and oxygen atoms in total. The first-order chi connectivity index (χ1) is 8.70. The normalized spacial score (nSPS) is 10.1. The molecule has 0 bridgehead atoms. The van der Waals surface area contributed by atoms with Gasteiger partial charge in [0.15, 0.2) is 0 Å². The number of nitrogens with two attached hydrogens (primary N) is 1. The maximum atomic E-state index is 8.95. The summed E-state index contributed by atoms with van der Waals surface area (Å²) in [6.07, 6.45) is 1.61. The van der Waals surface area contributed by atoms with Gasteiger partial charge >= 0.3 is 0 Å². The van der Waals surface area contributed by atoms with Crippen LogP contribution in [-0.2, 0) is 6.61 Å². The Labute approximate surface area is 110 Å². The van der Waals surface area contributed by atoms with E-state index in [1.54, 1.807) is 42.6 Å². The predicted octanol–water partition coefficient (Wildman–Crippen LogP) is 2.00. The first-order valence-corrected chi connectivity index (χ1v) is 5.74. The third-order valence-electron chi connectivity index (χ3n) is 2.36. The van der Waals surface area contributed by atoms with Crippen LogP contribution in [0.1, 0.15) is 11.1 Å². The van der Waals surface area contributed by atoms with Gasteiger partial charge < -0.3 is 15.6 Å². The Morgan fingerprint density at radius 1 is 1.28 bits per heavy atom. The molecular weight excluding hydrogens is 248 g/mol. The van der Waals surface area contributed by atoms with Gasteiger partial charge in [-0.1, -0.05) is 24.4 Å². The summed E-state index contributed by atoms with van der Waals surface area (Å²) in [7, 11) is 0. The lowest BCUT2D eigenvalue weighted by atomic mass is 10.2. The number of benzene rings is 1. The number of hydrogen-bond donors (Lipinski definition) is 2. The van der Waals surface area contributed by atoms with Crippen molar-refractivity contribution in [3.63, 3.8) is 0 Å². The van der Waals surface area contributed by atoms with Crippen molar-refractivity contribution in [2.24, 2.45) is 5.73 Å². The summed E-state index contributed by atoms with van der Waals surface area (Å²) in [6.45, 7) is 0.00199. The van der Waals surface area contributed by atoms with Crippen LogP contribution in [-0.4, -0.2) is 15.1 Å². The topological polar surface area (TPSA) is 68.4 Å². The average Bonchev–Trinajstić information content (AvgIpc) is 2.40. The molecule has 0 aliphatic carbocycles. The maximum absolute atomic E-state index is 8.95. The Morgan fingerprint density at radius 3 is 2.61 bits per heavy atom. The monoisotopic (exact) mass is 260 g/mol. The van der Waals surface area contributed by atoms with Crippen molar-refractivity contribution in [2.75, 3.05) is 0 Å². The van der Waals surface area contributed by atoms with Crippen molar-refractivity contribution < 1.29 is 9.84 Å². The van der Waals surface area contributed by atoms with Gasteiger partial charge in [0.2, 0.25) is 5.88 Å². The van der Waals surface area contributed by atoms with Gasteiger partial charge in [0.25, 0.3) is 0 Å². The second-order valence-corrected chi connectivity index (χ2v) is 4.06. The minimum absolute atomic E-state index is 0.00199. The van der Waals surface area contributed by atoms with Crippen molar-refractivity contribution >= 4 is 17.2 Å². The van der Waals surface area contributed by atoms with Crippen LogP contribution in [0.5, 0.6) is 11.6 Å². The molecule has 2 rings (SSSR count). The maximum Gasteiger partial charge on any atom is 0.229 e. The number of aliphatic hydroxyl groups is 1. The molecule has 1 aromatic carbocycles. The molecule has 3 N–H and O–H groups in total. The van der Waals surface area contributed by atoms with Gasteiger partial charge in [0, 0.05) is 6.20 Å². The molecule has 0 saturated carbocycles. The van der Waals surface area contributed by atoms with Crippen LogP contribution in [0.4, 0.5) is 0 Å². The Hall–Kier alpha value is -1.98. The Kier molecular flexibility index (Phi) is 3.86. The number of ether oxygens (including phenoxy) is 1. The van der Waals surface area contributed by atoms with E-state index in [-0.39, 0.29) is 11.6 Å². The van der Waals surface area contributed by atoms with E-state index in [1.807, 2.05) is 0 Å². The SMILES string of the molecule is NC(=S)c1cccnc1Oc1ccc(CO)cc1. The largest absolute Gasteiger partial charge is 0.438 e. The van der Waals surface area contributed by atoms with Crippen molar-refractivity contribution in [1.82, 2.24) is 4.98 Å². The summed E-state index contributed by atoms with van der Waals surface area (Å²) in [6, 6.07) is 10.6. The highest BCUT2D eigenvalue weighted by Gasteiger charge is 2.08. The van der Waals surface area contributed by atoms with E-state index in [0.717, 1.165) is 5.56 Å². The number of pyridine rings is 1. The standard InChI is InChI=1S/C13H12N2O2S/c14-12(18)11-2-1-7-15-13(11)17-10-5-3-9(8-16)4-6-10/h1-7,16H,8H2,(H2,14,18). The molecule has 0 amide bonds. The second-order valence-electron chi connectivity index (χ2n) is 3.62. The average molecular weight is 260 g/mol. The molecule has 0 fully saturated rings. The molecule has 18 heavy (non-hydrogen) atoms. The summed E-state index contributed by atoms with van der Waals surface area (Å²) >= 11 is 4.93. The fraction of sp³-hybridized carbons (Fsp3) is 0.0769. The summed E-state index contributed by atoms with van der Waals surface area (Å²) in [5, 5.41) is 8.95.